The highest BCUT2D eigenvalue weighted by atomic mass is 16.5. The zero-order valence-electron chi connectivity index (χ0n) is 11.8. The van der Waals surface area contributed by atoms with Crippen molar-refractivity contribution in [3.8, 4) is 0 Å². The van der Waals surface area contributed by atoms with Crippen molar-refractivity contribution in [3.05, 3.63) is 41.0 Å². The van der Waals surface area contributed by atoms with Gasteiger partial charge in [0.05, 0.1) is 18.8 Å². The molecule has 0 aliphatic rings. The second-order valence-electron chi connectivity index (χ2n) is 4.66. The van der Waals surface area contributed by atoms with E-state index < -0.39 is 0 Å². The Bertz CT molecular complexity index is 469. The number of ether oxygens (including phenoxy) is 1. The minimum atomic E-state index is -0.214. The molecule has 3 heteroatoms. The predicted molar refractivity (Wildman–Crippen MR) is 77.5 cm³/mol. The van der Waals surface area contributed by atoms with Gasteiger partial charge in [-0.2, -0.15) is 0 Å². The molecule has 0 saturated carbocycles. The fraction of sp³-hybridized carbons (Fsp3) is 0.400. The molecule has 0 aliphatic heterocycles. The molecule has 2 N–H and O–H groups in total. The van der Waals surface area contributed by atoms with E-state index in [0.717, 1.165) is 16.8 Å². The molecule has 98 valence electrons. The zero-order chi connectivity index (χ0) is 13.7. The number of hydrogen-bond donors (Lipinski definition) is 1. The molecule has 18 heavy (non-hydrogen) atoms. The normalized spacial score (nSPS) is 13.1. The average molecular weight is 246 g/mol. The molecule has 0 spiro atoms. The third-order valence-corrected chi connectivity index (χ3v) is 2.59. The van der Waals surface area contributed by atoms with E-state index in [4.69, 9.17) is 10.5 Å². The van der Waals surface area contributed by atoms with E-state index in [-0.39, 0.29) is 6.04 Å². The molecular weight excluding hydrogens is 224 g/mol. The molecule has 0 aromatic heterocycles. The number of methoxy groups -OCH3 is 1. The summed E-state index contributed by atoms with van der Waals surface area (Å²) in [7, 11) is 1.60. The van der Waals surface area contributed by atoms with Crippen LogP contribution in [0.1, 0.15) is 31.9 Å². The molecule has 1 unspecified atom stereocenters. The highest BCUT2D eigenvalue weighted by molar-refractivity contribution is 5.87. The van der Waals surface area contributed by atoms with E-state index in [1.807, 2.05) is 32.9 Å². The monoisotopic (exact) mass is 246 g/mol. The molecule has 1 atom stereocenters. The first-order valence-corrected chi connectivity index (χ1v) is 6.08. The Labute approximate surface area is 109 Å². The second kappa shape index (κ2) is 6.36. The summed E-state index contributed by atoms with van der Waals surface area (Å²) >= 11 is 0. The maximum absolute atomic E-state index is 5.83. The third kappa shape index (κ3) is 3.70. The van der Waals surface area contributed by atoms with E-state index in [2.05, 4.69) is 24.0 Å². The SMILES string of the molecule is COC(=NC(=C(C)C)c1cccc(C)c1)C(C)N. The average Bonchev–Trinajstić information content (AvgIpc) is 2.29. The van der Waals surface area contributed by atoms with E-state index in [1.165, 1.54) is 5.56 Å². The van der Waals surface area contributed by atoms with Gasteiger partial charge in [-0.1, -0.05) is 23.8 Å². The molecule has 1 rings (SSSR count). The van der Waals surface area contributed by atoms with Crippen molar-refractivity contribution in [2.75, 3.05) is 7.11 Å². The molecule has 0 heterocycles. The number of rotatable bonds is 3. The topological polar surface area (TPSA) is 47.6 Å². The third-order valence-electron chi connectivity index (χ3n) is 2.59. The van der Waals surface area contributed by atoms with Gasteiger partial charge >= 0.3 is 0 Å². The van der Waals surface area contributed by atoms with Gasteiger partial charge in [-0.3, -0.25) is 0 Å². The standard InChI is InChI=1S/C15H22N2O/c1-10(2)14(17-15(18-5)12(4)16)13-8-6-7-11(3)9-13/h6-9,12H,16H2,1-5H3. The molecule has 3 nitrogen and oxygen atoms in total. The first-order valence-electron chi connectivity index (χ1n) is 6.08. The van der Waals surface area contributed by atoms with Gasteiger partial charge in [0, 0.05) is 5.56 Å². The minimum Gasteiger partial charge on any atom is -0.483 e. The van der Waals surface area contributed by atoms with Crippen LogP contribution in [-0.2, 0) is 4.74 Å². The van der Waals surface area contributed by atoms with Crippen LogP contribution in [0.25, 0.3) is 5.70 Å². The van der Waals surface area contributed by atoms with Crippen LogP contribution in [-0.4, -0.2) is 19.0 Å². The van der Waals surface area contributed by atoms with Gasteiger partial charge in [-0.25, -0.2) is 4.99 Å². The summed E-state index contributed by atoms with van der Waals surface area (Å²) < 4.78 is 5.23. The van der Waals surface area contributed by atoms with Crippen LogP contribution in [0.3, 0.4) is 0 Å². The highest BCUT2D eigenvalue weighted by Crippen LogP contribution is 2.21. The summed E-state index contributed by atoms with van der Waals surface area (Å²) in [6.07, 6.45) is 0. The molecule has 1 aromatic carbocycles. The number of allylic oxidation sites excluding steroid dienone is 1. The molecule has 1 aromatic rings. The Hall–Kier alpha value is -1.61. The summed E-state index contributed by atoms with van der Waals surface area (Å²) in [6, 6.07) is 8.04. The maximum atomic E-state index is 5.83. The first kappa shape index (κ1) is 14.5. The lowest BCUT2D eigenvalue weighted by atomic mass is 10.1. The van der Waals surface area contributed by atoms with E-state index in [0.29, 0.717) is 5.90 Å². The fourth-order valence-corrected chi connectivity index (χ4v) is 1.70. The molecule has 0 radical (unpaired) electrons. The number of nitrogens with zero attached hydrogens (tertiary/aromatic N) is 1. The number of aryl methyl sites for hydroxylation is 1. The summed E-state index contributed by atoms with van der Waals surface area (Å²) in [5.41, 5.74) is 10.2. The van der Waals surface area contributed by atoms with Crippen molar-refractivity contribution >= 4 is 11.6 Å². The van der Waals surface area contributed by atoms with Gasteiger partial charge in [0.2, 0.25) is 5.90 Å². The Morgan fingerprint density at radius 1 is 1.33 bits per heavy atom. The second-order valence-corrected chi connectivity index (χ2v) is 4.66. The number of hydrogen-bond acceptors (Lipinski definition) is 3. The number of aliphatic imine (C=N–C) groups is 1. The Kier molecular flexibility index (Phi) is 5.10. The van der Waals surface area contributed by atoms with Gasteiger partial charge in [0.25, 0.3) is 0 Å². The smallest absolute Gasteiger partial charge is 0.205 e. The molecule has 0 saturated heterocycles. The Balaban J connectivity index is 3.26. The van der Waals surface area contributed by atoms with Crippen molar-refractivity contribution in [1.82, 2.24) is 0 Å². The molecule has 0 fully saturated rings. The lowest BCUT2D eigenvalue weighted by molar-refractivity contribution is 0.385. The lowest BCUT2D eigenvalue weighted by Gasteiger charge is -2.12. The zero-order valence-corrected chi connectivity index (χ0v) is 11.8. The number of nitrogens with two attached hydrogens (primary N) is 1. The van der Waals surface area contributed by atoms with Crippen molar-refractivity contribution in [2.45, 2.75) is 33.7 Å². The van der Waals surface area contributed by atoms with Crippen LogP contribution in [0.2, 0.25) is 0 Å². The molecule has 0 aliphatic carbocycles. The van der Waals surface area contributed by atoms with Crippen LogP contribution >= 0.6 is 0 Å². The molecule has 0 amide bonds. The van der Waals surface area contributed by atoms with Gasteiger partial charge in [0.15, 0.2) is 0 Å². The van der Waals surface area contributed by atoms with Crippen LogP contribution in [0, 0.1) is 6.92 Å². The van der Waals surface area contributed by atoms with E-state index in [1.54, 1.807) is 7.11 Å². The van der Waals surface area contributed by atoms with Crippen LogP contribution < -0.4 is 5.73 Å². The van der Waals surface area contributed by atoms with Crippen molar-refractivity contribution in [2.24, 2.45) is 10.7 Å². The predicted octanol–water partition coefficient (Wildman–Crippen LogP) is 3.14. The highest BCUT2D eigenvalue weighted by Gasteiger charge is 2.09. The molecular formula is C15H22N2O. The van der Waals surface area contributed by atoms with Gasteiger partial charge in [0.1, 0.15) is 0 Å². The van der Waals surface area contributed by atoms with E-state index >= 15 is 0 Å². The van der Waals surface area contributed by atoms with Crippen molar-refractivity contribution < 1.29 is 4.74 Å². The summed E-state index contributed by atoms with van der Waals surface area (Å²) in [5.74, 6) is 0.549. The number of benzene rings is 1. The Morgan fingerprint density at radius 3 is 2.44 bits per heavy atom. The largest absolute Gasteiger partial charge is 0.483 e. The lowest BCUT2D eigenvalue weighted by Crippen LogP contribution is -2.28. The van der Waals surface area contributed by atoms with Crippen molar-refractivity contribution in [3.63, 3.8) is 0 Å². The Morgan fingerprint density at radius 2 is 2.00 bits per heavy atom. The summed E-state index contributed by atoms with van der Waals surface area (Å²) in [5, 5.41) is 0. The quantitative estimate of drug-likeness (QED) is 0.658. The molecule has 0 bridgehead atoms. The van der Waals surface area contributed by atoms with Crippen molar-refractivity contribution in [1.29, 1.82) is 0 Å². The van der Waals surface area contributed by atoms with Crippen LogP contribution in [0.15, 0.2) is 34.8 Å². The van der Waals surface area contributed by atoms with Gasteiger partial charge in [-0.05, 0) is 39.3 Å². The van der Waals surface area contributed by atoms with Crippen LogP contribution in [0.4, 0.5) is 0 Å². The van der Waals surface area contributed by atoms with Gasteiger partial charge in [-0.15, -0.1) is 0 Å². The maximum Gasteiger partial charge on any atom is 0.205 e. The van der Waals surface area contributed by atoms with Gasteiger partial charge < -0.3 is 10.5 Å². The summed E-state index contributed by atoms with van der Waals surface area (Å²) in [4.78, 5) is 4.55. The first-order chi connectivity index (χ1) is 8.45. The minimum absolute atomic E-state index is 0.214. The van der Waals surface area contributed by atoms with E-state index in [9.17, 15) is 0 Å². The van der Waals surface area contributed by atoms with Crippen LogP contribution in [0.5, 0.6) is 0 Å². The summed E-state index contributed by atoms with van der Waals surface area (Å²) in [6.45, 7) is 8.01. The fourth-order valence-electron chi connectivity index (χ4n) is 1.70.